The lowest BCUT2D eigenvalue weighted by molar-refractivity contribution is 0.0953. The summed E-state index contributed by atoms with van der Waals surface area (Å²) >= 11 is 0. The zero-order valence-corrected chi connectivity index (χ0v) is 14.4. The van der Waals surface area contributed by atoms with Gasteiger partial charge < -0.3 is 4.74 Å². The van der Waals surface area contributed by atoms with Crippen LogP contribution in [0.4, 0.5) is 4.39 Å². The molecule has 1 aromatic heterocycles. The number of piperidine rings is 1. The van der Waals surface area contributed by atoms with Gasteiger partial charge in [0.15, 0.2) is 0 Å². The standard InChI is InChI=1S/C18H19FN2O3S/c19-13-3-7-18(8-4-13)25(22,23)21-14-5-6-15(21)11-17(10-14)24-16-2-1-9-20-12-16/h1-4,7-9,12,14-15,17H,5-6,10-11H2. The molecule has 2 bridgehead atoms. The van der Waals surface area contributed by atoms with Crippen LogP contribution in [0.1, 0.15) is 25.7 Å². The van der Waals surface area contributed by atoms with Crippen molar-refractivity contribution in [3.05, 3.63) is 54.6 Å². The van der Waals surface area contributed by atoms with Gasteiger partial charge in [-0.3, -0.25) is 4.98 Å². The molecular formula is C18H19FN2O3S. The van der Waals surface area contributed by atoms with Gasteiger partial charge in [0.25, 0.3) is 0 Å². The minimum atomic E-state index is -3.61. The van der Waals surface area contributed by atoms with Crippen molar-refractivity contribution >= 4 is 10.0 Å². The summed E-state index contributed by atoms with van der Waals surface area (Å²) in [7, 11) is -3.61. The third-order valence-corrected chi connectivity index (χ3v) is 6.97. The van der Waals surface area contributed by atoms with Gasteiger partial charge in [0.1, 0.15) is 17.7 Å². The Morgan fingerprint density at radius 1 is 1.08 bits per heavy atom. The molecule has 1 aromatic carbocycles. The van der Waals surface area contributed by atoms with Crippen LogP contribution in [-0.2, 0) is 10.0 Å². The molecule has 5 nitrogen and oxygen atoms in total. The molecule has 7 heteroatoms. The Balaban J connectivity index is 1.53. The first kappa shape index (κ1) is 16.5. The molecule has 2 atom stereocenters. The number of halogens is 1. The third-order valence-electron chi connectivity index (χ3n) is 4.95. The summed E-state index contributed by atoms with van der Waals surface area (Å²) in [4.78, 5) is 4.19. The van der Waals surface area contributed by atoms with Crippen LogP contribution in [0, 0.1) is 5.82 Å². The Morgan fingerprint density at radius 3 is 2.36 bits per heavy atom. The molecule has 0 spiro atoms. The van der Waals surface area contributed by atoms with Gasteiger partial charge in [-0.05, 0) is 49.2 Å². The molecule has 4 rings (SSSR count). The Hall–Kier alpha value is -1.99. The number of nitrogens with zero attached hydrogens (tertiary/aromatic N) is 2. The van der Waals surface area contributed by atoms with Crippen molar-refractivity contribution in [1.29, 1.82) is 0 Å². The van der Waals surface area contributed by atoms with E-state index in [2.05, 4.69) is 4.98 Å². The minimum Gasteiger partial charge on any atom is -0.489 e. The maximum absolute atomic E-state index is 13.1. The molecule has 3 heterocycles. The number of aromatic nitrogens is 1. The quantitative estimate of drug-likeness (QED) is 0.839. The zero-order chi connectivity index (χ0) is 17.4. The predicted octanol–water partition coefficient (Wildman–Crippen LogP) is 2.98. The van der Waals surface area contributed by atoms with Crippen molar-refractivity contribution in [3.8, 4) is 5.75 Å². The summed E-state index contributed by atoms with van der Waals surface area (Å²) in [5, 5.41) is 0. The fourth-order valence-corrected chi connectivity index (χ4v) is 5.80. The highest BCUT2D eigenvalue weighted by atomic mass is 32.2. The van der Waals surface area contributed by atoms with Crippen molar-refractivity contribution in [1.82, 2.24) is 9.29 Å². The third kappa shape index (κ3) is 3.14. The topological polar surface area (TPSA) is 59.5 Å². The Bertz CT molecular complexity index is 828. The van der Waals surface area contributed by atoms with Gasteiger partial charge in [0, 0.05) is 31.1 Å². The lowest BCUT2D eigenvalue weighted by atomic mass is 10.0. The average molecular weight is 362 g/mol. The van der Waals surface area contributed by atoms with E-state index in [1.165, 1.54) is 24.3 Å². The zero-order valence-electron chi connectivity index (χ0n) is 13.6. The van der Waals surface area contributed by atoms with Crippen LogP contribution in [0.3, 0.4) is 0 Å². The highest BCUT2D eigenvalue weighted by molar-refractivity contribution is 7.89. The summed E-state index contributed by atoms with van der Waals surface area (Å²) in [5.41, 5.74) is 0. The van der Waals surface area contributed by atoms with Crippen LogP contribution in [0.5, 0.6) is 5.75 Å². The molecule has 0 radical (unpaired) electrons. The minimum absolute atomic E-state index is 0.0126. The SMILES string of the molecule is O=S(=O)(c1ccc(F)cc1)N1C2CCC1CC(Oc1cccnc1)C2. The molecule has 2 aromatic rings. The molecule has 25 heavy (non-hydrogen) atoms. The average Bonchev–Trinajstić information content (AvgIpc) is 2.89. The number of benzene rings is 1. The van der Waals surface area contributed by atoms with Gasteiger partial charge in [-0.2, -0.15) is 4.31 Å². The van der Waals surface area contributed by atoms with Crippen LogP contribution in [0.2, 0.25) is 0 Å². The van der Waals surface area contributed by atoms with E-state index in [1.807, 2.05) is 12.1 Å². The first-order valence-electron chi connectivity index (χ1n) is 8.40. The van der Waals surface area contributed by atoms with E-state index in [0.29, 0.717) is 18.6 Å². The van der Waals surface area contributed by atoms with Crippen LogP contribution >= 0.6 is 0 Å². The fourth-order valence-electron chi connectivity index (χ4n) is 3.91. The molecule has 0 amide bonds. The maximum Gasteiger partial charge on any atom is 0.243 e. The number of ether oxygens (including phenoxy) is 1. The van der Waals surface area contributed by atoms with Gasteiger partial charge >= 0.3 is 0 Å². The monoisotopic (exact) mass is 362 g/mol. The molecule has 0 aliphatic carbocycles. The number of fused-ring (bicyclic) bond motifs is 2. The number of hydrogen-bond acceptors (Lipinski definition) is 4. The molecule has 2 saturated heterocycles. The normalized spacial score (nSPS) is 26.5. The molecular weight excluding hydrogens is 343 g/mol. The van der Waals surface area contributed by atoms with E-state index in [9.17, 15) is 12.8 Å². The van der Waals surface area contributed by atoms with Crippen LogP contribution in [-0.4, -0.2) is 35.9 Å². The lowest BCUT2D eigenvalue weighted by Gasteiger charge is -2.37. The number of rotatable bonds is 4. The smallest absolute Gasteiger partial charge is 0.243 e. The lowest BCUT2D eigenvalue weighted by Crippen LogP contribution is -2.49. The summed E-state index contributed by atoms with van der Waals surface area (Å²) < 4.78 is 46.7. The van der Waals surface area contributed by atoms with Crippen molar-refractivity contribution < 1.29 is 17.5 Å². The van der Waals surface area contributed by atoms with Crippen molar-refractivity contribution in [2.24, 2.45) is 0 Å². The fraction of sp³-hybridized carbons (Fsp3) is 0.389. The van der Waals surface area contributed by atoms with Crippen LogP contribution in [0.25, 0.3) is 0 Å². The molecule has 0 N–H and O–H groups in total. The summed E-state index contributed by atoms with van der Waals surface area (Å²) in [5.74, 6) is 0.271. The number of pyridine rings is 1. The van der Waals surface area contributed by atoms with E-state index >= 15 is 0 Å². The Morgan fingerprint density at radius 2 is 1.76 bits per heavy atom. The van der Waals surface area contributed by atoms with Crippen LogP contribution < -0.4 is 4.74 Å². The number of sulfonamides is 1. The second kappa shape index (κ2) is 6.38. The van der Waals surface area contributed by atoms with Crippen molar-refractivity contribution in [3.63, 3.8) is 0 Å². The Kier molecular flexibility index (Phi) is 4.21. The largest absolute Gasteiger partial charge is 0.489 e. The van der Waals surface area contributed by atoms with Gasteiger partial charge in [0.05, 0.1) is 11.1 Å². The molecule has 2 unspecified atom stereocenters. The highest BCUT2D eigenvalue weighted by Gasteiger charge is 2.47. The summed E-state index contributed by atoms with van der Waals surface area (Å²) in [6.07, 6.45) is 6.33. The first-order valence-corrected chi connectivity index (χ1v) is 9.84. The van der Waals surface area contributed by atoms with E-state index in [1.54, 1.807) is 16.7 Å². The molecule has 2 aliphatic heterocycles. The van der Waals surface area contributed by atoms with Gasteiger partial charge in [0.2, 0.25) is 10.0 Å². The predicted molar refractivity (Wildman–Crippen MR) is 90.1 cm³/mol. The van der Waals surface area contributed by atoms with Gasteiger partial charge in [-0.15, -0.1) is 0 Å². The van der Waals surface area contributed by atoms with E-state index in [4.69, 9.17) is 4.74 Å². The molecule has 2 fully saturated rings. The van der Waals surface area contributed by atoms with Gasteiger partial charge in [-0.25, -0.2) is 12.8 Å². The number of hydrogen-bond donors (Lipinski definition) is 0. The van der Waals surface area contributed by atoms with Crippen molar-refractivity contribution in [2.75, 3.05) is 0 Å². The van der Waals surface area contributed by atoms with Gasteiger partial charge in [-0.1, -0.05) is 0 Å². The second-order valence-corrected chi connectivity index (χ2v) is 8.42. The van der Waals surface area contributed by atoms with E-state index in [-0.39, 0.29) is 23.1 Å². The van der Waals surface area contributed by atoms with Crippen LogP contribution in [0.15, 0.2) is 53.7 Å². The highest BCUT2D eigenvalue weighted by Crippen LogP contribution is 2.40. The summed E-state index contributed by atoms with van der Waals surface area (Å²) in [6.45, 7) is 0. The second-order valence-electron chi connectivity index (χ2n) is 6.57. The molecule has 2 aliphatic rings. The molecule has 132 valence electrons. The van der Waals surface area contributed by atoms with Crippen molar-refractivity contribution in [2.45, 2.75) is 48.8 Å². The first-order chi connectivity index (χ1) is 12.0. The van der Waals surface area contributed by atoms with E-state index in [0.717, 1.165) is 12.8 Å². The molecule has 0 saturated carbocycles. The van der Waals surface area contributed by atoms with E-state index < -0.39 is 15.8 Å². The summed E-state index contributed by atoms with van der Waals surface area (Å²) in [6, 6.07) is 8.57. The maximum atomic E-state index is 13.1. The Labute approximate surface area is 146 Å².